The molecule has 4 heteroatoms. The molecule has 2 aromatic heterocycles. The summed E-state index contributed by atoms with van der Waals surface area (Å²) in [5.74, 6) is 0.0935. The Balaban J connectivity index is 1.53. The number of carbonyl (C=O) groups excluding carboxylic acids is 1. The van der Waals surface area contributed by atoms with E-state index in [9.17, 15) is 4.79 Å². The fraction of sp³-hybridized carbons (Fsp3) is 0.235. The summed E-state index contributed by atoms with van der Waals surface area (Å²) < 4.78 is 0. The van der Waals surface area contributed by atoms with Crippen molar-refractivity contribution in [1.82, 2.24) is 10.3 Å². The fourth-order valence-corrected chi connectivity index (χ4v) is 3.17. The fourth-order valence-electron chi connectivity index (χ4n) is 2.46. The minimum absolute atomic E-state index is 0.0935. The van der Waals surface area contributed by atoms with Crippen molar-refractivity contribution in [2.24, 2.45) is 0 Å². The Labute approximate surface area is 128 Å². The molecule has 0 unspecified atom stereocenters. The van der Waals surface area contributed by atoms with E-state index >= 15 is 0 Å². The maximum atomic E-state index is 11.8. The predicted octanol–water partition coefficient (Wildman–Crippen LogP) is 3.44. The minimum Gasteiger partial charge on any atom is -0.359 e. The van der Waals surface area contributed by atoms with Crippen LogP contribution in [0, 0.1) is 6.92 Å². The number of H-pyrrole nitrogens is 1. The lowest BCUT2D eigenvalue weighted by atomic mass is 10.1. The molecule has 0 aliphatic rings. The second kappa shape index (κ2) is 6.14. The first-order chi connectivity index (χ1) is 10.2. The summed E-state index contributed by atoms with van der Waals surface area (Å²) in [6.45, 7) is 2.74. The molecule has 1 amide bonds. The molecular weight excluding hydrogens is 280 g/mol. The number of aromatic nitrogens is 1. The second-order valence-corrected chi connectivity index (χ2v) is 6.26. The molecule has 0 bridgehead atoms. The van der Waals surface area contributed by atoms with Crippen LogP contribution in [0.3, 0.4) is 0 Å². The zero-order valence-corrected chi connectivity index (χ0v) is 12.8. The van der Waals surface area contributed by atoms with E-state index in [4.69, 9.17) is 0 Å². The van der Waals surface area contributed by atoms with Gasteiger partial charge in [-0.2, -0.15) is 0 Å². The summed E-state index contributed by atoms with van der Waals surface area (Å²) in [6, 6.07) is 12.5. The smallest absolute Gasteiger partial charge is 0.225 e. The lowest BCUT2D eigenvalue weighted by Gasteiger charge is -2.05. The highest BCUT2D eigenvalue weighted by molar-refractivity contribution is 7.10. The first-order valence-electron chi connectivity index (χ1n) is 7.08. The van der Waals surface area contributed by atoms with Crippen LogP contribution in [-0.2, 0) is 17.6 Å². The van der Waals surface area contributed by atoms with Crippen molar-refractivity contribution >= 4 is 28.1 Å². The Morgan fingerprint density at radius 2 is 2.19 bits per heavy atom. The third kappa shape index (κ3) is 3.52. The number of benzene rings is 1. The van der Waals surface area contributed by atoms with Gasteiger partial charge in [0.15, 0.2) is 0 Å². The topological polar surface area (TPSA) is 44.9 Å². The maximum Gasteiger partial charge on any atom is 0.225 e. The van der Waals surface area contributed by atoms with Crippen LogP contribution in [0.5, 0.6) is 0 Å². The van der Waals surface area contributed by atoms with E-state index in [1.54, 1.807) is 11.3 Å². The Morgan fingerprint density at radius 3 is 3.00 bits per heavy atom. The van der Waals surface area contributed by atoms with Crippen molar-refractivity contribution in [1.29, 1.82) is 0 Å². The first kappa shape index (κ1) is 13.9. The SMILES string of the molecule is Cc1cc2cc(CCNC(=O)Cc3cccs3)ccc2[nH]1. The van der Waals surface area contributed by atoms with Crippen LogP contribution in [0.4, 0.5) is 0 Å². The molecule has 0 spiro atoms. The van der Waals surface area contributed by atoms with E-state index in [0.29, 0.717) is 13.0 Å². The third-order valence-corrected chi connectivity index (χ3v) is 4.35. The predicted molar refractivity (Wildman–Crippen MR) is 87.8 cm³/mol. The molecule has 0 saturated carbocycles. The number of nitrogens with one attached hydrogen (secondary N) is 2. The van der Waals surface area contributed by atoms with E-state index in [1.807, 2.05) is 17.5 Å². The highest BCUT2D eigenvalue weighted by Crippen LogP contribution is 2.17. The van der Waals surface area contributed by atoms with Crippen molar-refractivity contribution < 1.29 is 4.79 Å². The molecule has 3 nitrogen and oxygen atoms in total. The van der Waals surface area contributed by atoms with Crippen molar-refractivity contribution in [2.75, 3.05) is 6.54 Å². The molecule has 21 heavy (non-hydrogen) atoms. The van der Waals surface area contributed by atoms with Gasteiger partial charge in [0.2, 0.25) is 5.91 Å². The molecule has 0 atom stereocenters. The quantitative estimate of drug-likeness (QED) is 0.744. The van der Waals surface area contributed by atoms with Crippen LogP contribution in [-0.4, -0.2) is 17.4 Å². The maximum absolute atomic E-state index is 11.8. The average molecular weight is 298 g/mol. The van der Waals surface area contributed by atoms with Gasteiger partial charge in [0.25, 0.3) is 0 Å². The zero-order chi connectivity index (χ0) is 14.7. The van der Waals surface area contributed by atoms with Crippen LogP contribution in [0.25, 0.3) is 10.9 Å². The van der Waals surface area contributed by atoms with Crippen LogP contribution < -0.4 is 5.32 Å². The minimum atomic E-state index is 0.0935. The standard InChI is InChI=1S/C17H18N2OS/c1-12-9-14-10-13(4-5-16(14)19-12)6-7-18-17(20)11-15-3-2-8-21-15/h2-5,8-10,19H,6-7,11H2,1H3,(H,18,20). The number of thiophene rings is 1. The van der Waals surface area contributed by atoms with Crippen LogP contribution in [0.1, 0.15) is 16.1 Å². The van der Waals surface area contributed by atoms with Gasteiger partial charge < -0.3 is 10.3 Å². The molecule has 0 aliphatic heterocycles. The van der Waals surface area contributed by atoms with Gasteiger partial charge in [-0.1, -0.05) is 12.1 Å². The van der Waals surface area contributed by atoms with E-state index in [-0.39, 0.29) is 5.91 Å². The number of hydrogen-bond donors (Lipinski definition) is 2. The summed E-state index contributed by atoms with van der Waals surface area (Å²) >= 11 is 1.62. The summed E-state index contributed by atoms with van der Waals surface area (Å²) in [5.41, 5.74) is 3.59. The molecule has 0 saturated heterocycles. The van der Waals surface area contributed by atoms with Gasteiger partial charge in [0.1, 0.15) is 0 Å². The van der Waals surface area contributed by atoms with Gasteiger partial charge in [0, 0.05) is 22.6 Å². The normalized spacial score (nSPS) is 10.9. The van der Waals surface area contributed by atoms with Crippen molar-refractivity contribution in [3.05, 3.63) is 57.9 Å². The number of fused-ring (bicyclic) bond motifs is 1. The molecule has 3 aromatic rings. The number of aromatic amines is 1. The Kier molecular flexibility index (Phi) is 4.06. The van der Waals surface area contributed by atoms with Crippen LogP contribution in [0.15, 0.2) is 41.8 Å². The Bertz CT molecular complexity index is 743. The third-order valence-electron chi connectivity index (χ3n) is 3.47. The van der Waals surface area contributed by atoms with E-state index in [1.165, 1.54) is 16.6 Å². The monoisotopic (exact) mass is 298 g/mol. The van der Waals surface area contributed by atoms with Crippen LogP contribution in [0.2, 0.25) is 0 Å². The summed E-state index contributed by atoms with van der Waals surface area (Å²) in [7, 11) is 0. The number of rotatable bonds is 5. The number of aryl methyl sites for hydroxylation is 1. The van der Waals surface area contributed by atoms with E-state index in [0.717, 1.165) is 16.8 Å². The Hall–Kier alpha value is -2.07. The van der Waals surface area contributed by atoms with Crippen LogP contribution >= 0.6 is 11.3 Å². The van der Waals surface area contributed by atoms with E-state index in [2.05, 4.69) is 41.5 Å². The molecule has 2 N–H and O–H groups in total. The van der Waals surface area contributed by atoms with Gasteiger partial charge in [-0.25, -0.2) is 0 Å². The summed E-state index contributed by atoms with van der Waals surface area (Å²) in [5, 5.41) is 6.21. The molecule has 0 fully saturated rings. The molecule has 0 radical (unpaired) electrons. The highest BCUT2D eigenvalue weighted by atomic mass is 32.1. The van der Waals surface area contributed by atoms with Crippen molar-refractivity contribution in [3.8, 4) is 0 Å². The number of carbonyl (C=O) groups is 1. The zero-order valence-electron chi connectivity index (χ0n) is 12.0. The number of hydrogen-bond acceptors (Lipinski definition) is 2. The van der Waals surface area contributed by atoms with E-state index < -0.39 is 0 Å². The number of amides is 1. The average Bonchev–Trinajstić information content (AvgIpc) is 3.06. The highest BCUT2D eigenvalue weighted by Gasteiger charge is 2.04. The molecule has 2 heterocycles. The van der Waals surface area contributed by atoms with Crippen molar-refractivity contribution in [3.63, 3.8) is 0 Å². The van der Waals surface area contributed by atoms with Gasteiger partial charge in [-0.15, -0.1) is 11.3 Å². The lowest BCUT2D eigenvalue weighted by Crippen LogP contribution is -2.26. The summed E-state index contributed by atoms with van der Waals surface area (Å²) in [6.07, 6.45) is 1.34. The van der Waals surface area contributed by atoms with Crippen molar-refractivity contribution in [2.45, 2.75) is 19.8 Å². The van der Waals surface area contributed by atoms with Gasteiger partial charge in [0.05, 0.1) is 6.42 Å². The van der Waals surface area contributed by atoms with Gasteiger partial charge in [-0.05, 0) is 53.9 Å². The second-order valence-electron chi connectivity index (χ2n) is 5.23. The largest absolute Gasteiger partial charge is 0.359 e. The molecular formula is C17H18N2OS. The Morgan fingerprint density at radius 1 is 1.29 bits per heavy atom. The molecule has 3 rings (SSSR count). The van der Waals surface area contributed by atoms with Gasteiger partial charge in [-0.3, -0.25) is 4.79 Å². The molecule has 0 aliphatic carbocycles. The lowest BCUT2D eigenvalue weighted by molar-refractivity contribution is -0.120. The summed E-state index contributed by atoms with van der Waals surface area (Å²) in [4.78, 5) is 16.2. The molecule has 108 valence electrons. The molecule has 1 aromatic carbocycles. The van der Waals surface area contributed by atoms with Gasteiger partial charge >= 0.3 is 0 Å². The first-order valence-corrected chi connectivity index (χ1v) is 7.96.